The van der Waals surface area contributed by atoms with Gasteiger partial charge < -0.3 is 10.8 Å². The first-order valence-corrected chi connectivity index (χ1v) is 6.78. The zero-order chi connectivity index (χ0) is 15.2. The number of nitrogens with two attached hydrogens (primary N) is 1. The molecule has 1 aliphatic rings. The Labute approximate surface area is 122 Å². The maximum Gasteiger partial charge on any atom is 0.408 e. The number of carbonyl (C=O) groups is 2. The van der Waals surface area contributed by atoms with Gasteiger partial charge in [-0.2, -0.15) is 5.48 Å². The standard InChI is InChI=1S/C14H19N3O4/c15-13(18)12-7-6-11(8-17(12)14(19)20)16-21-9-10-4-2-1-3-5-10/h1-5,11-12,16H,6-9H2,(H2,15,18)(H,19,20). The minimum absolute atomic E-state index is 0.152. The zero-order valence-electron chi connectivity index (χ0n) is 11.6. The van der Waals surface area contributed by atoms with Crippen molar-refractivity contribution >= 4 is 12.0 Å². The number of hydrogen-bond acceptors (Lipinski definition) is 4. The number of benzene rings is 1. The lowest BCUT2D eigenvalue weighted by atomic mass is 9.99. The van der Waals surface area contributed by atoms with E-state index in [1.165, 1.54) is 0 Å². The molecule has 0 bridgehead atoms. The number of nitrogens with zero attached hydrogens (tertiary/aromatic N) is 1. The molecule has 2 atom stereocenters. The minimum atomic E-state index is -1.15. The number of hydrogen-bond donors (Lipinski definition) is 3. The van der Waals surface area contributed by atoms with E-state index in [0.29, 0.717) is 19.4 Å². The van der Waals surface area contributed by atoms with Gasteiger partial charge in [-0.3, -0.25) is 14.5 Å². The molecule has 7 nitrogen and oxygen atoms in total. The summed E-state index contributed by atoms with van der Waals surface area (Å²) in [6.45, 7) is 0.571. The van der Waals surface area contributed by atoms with Gasteiger partial charge in [0.05, 0.1) is 12.6 Å². The van der Waals surface area contributed by atoms with E-state index in [4.69, 9.17) is 15.7 Å². The van der Waals surface area contributed by atoms with Gasteiger partial charge in [-0.05, 0) is 18.4 Å². The molecule has 0 radical (unpaired) electrons. The molecule has 1 aromatic carbocycles. The summed E-state index contributed by atoms with van der Waals surface area (Å²) in [5, 5.41) is 9.13. The molecule has 0 aromatic heterocycles. The molecule has 21 heavy (non-hydrogen) atoms. The third-order valence-electron chi connectivity index (χ3n) is 3.49. The monoisotopic (exact) mass is 293 g/mol. The summed E-state index contributed by atoms with van der Waals surface area (Å²) < 4.78 is 0. The fourth-order valence-electron chi connectivity index (χ4n) is 2.39. The summed E-state index contributed by atoms with van der Waals surface area (Å²) >= 11 is 0. The van der Waals surface area contributed by atoms with Crippen LogP contribution in [0.4, 0.5) is 4.79 Å². The highest BCUT2D eigenvalue weighted by atomic mass is 16.6. The number of carboxylic acid groups (broad SMARTS) is 1. The summed E-state index contributed by atoms with van der Waals surface area (Å²) in [7, 11) is 0. The summed E-state index contributed by atoms with van der Waals surface area (Å²) in [6, 6.07) is 8.73. The Kier molecular flexibility index (Phi) is 5.13. The molecule has 114 valence electrons. The largest absolute Gasteiger partial charge is 0.465 e. The SMILES string of the molecule is NC(=O)C1CCC(NOCc2ccccc2)CN1C(=O)O. The van der Waals surface area contributed by atoms with Gasteiger partial charge in [0.2, 0.25) is 5.91 Å². The van der Waals surface area contributed by atoms with Crippen molar-refractivity contribution in [2.24, 2.45) is 5.73 Å². The fourth-order valence-corrected chi connectivity index (χ4v) is 2.39. The van der Waals surface area contributed by atoms with Crippen LogP contribution < -0.4 is 11.2 Å². The van der Waals surface area contributed by atoms with Crippen LogP contribution in [-0.4, -0.2) is 40.6 Å². The van der Waals surface area contributed by atoms with E-state index in [9.17, 15) is 9.59 Å². The molecule has 0 spiro atoms. The summed E-state index contributed by atoms with van der Waals surface area (Å²) in [4.78, 5) is 28.9. The Morgan fingerprint density at radius 2 is 2.05 bits per heavy atom. The van der Waals surface area contributed by atoms with E-state index in [2.05, 4.69) is 5.48 Å². The summed E-state index contributed by atoms with van der Waals surface area (Å²) in [5.74, 6) is -0.610. The fraction of sp³-hybridized carbons (Fsp3) is 0.429. The van der Waals surface area contributed by atoms with Gasteiger partial charge in [0.1, 0.15) is 6.04 Å². The van der Waals surface area contributed by atoms with Gasteiger partial charge >= 0.3 is 6.09 Å². The molecule has 1 aliphatic heterocycles. The highest BCUT2D eigenvalue weighted by Gasteiger charge is 2.34. The topological polar surface area (TPSA) is 105 Å². The lowest BCUT2D eigenvalue weighted by Crippen LogP contribution is -2.56. The molecule has 1 fully saturated rings. The second-order valence-corrected chi connectivity index (χ2v) is 5.02. The number of amides is 2. The van der Waals surface area contributed by atoms with Gasteiger partial charge in [-0.15, -0.1) is 0 Å². The normalized spacial score (nSPS) is 22.0. The number of primary amides is 1. The molecule has 2 unspecified atom stereocenters. The van der Waals surface area contributed by atoms with Crippen molar-refractivity contribution in [3.8, 4) is 0 Å². The summed E-state index contributed by atoms with van der Waals surface area (Å²) in [6.07, 6.45) is -0.117. The minimum Gasteiger partial charge on any atom is -0.465 e. The van der Waals surface area contributed by atoms with E-state index in [0.717, 1.165) is 10.5 Å². The molecule has 2 rings (SSSR count). The van der Waals surface area contributed by atoms with Gasteiger partial charge in [-0.25, -0.2) is 4.79 Å². The maximum absolute atomic E-state index is 11.2. The van der Waals surface area contributed by atoms with E-state index < -0.39 is 18.0 Å². The van der Waals surface area contributed by atoms with Crippen LogP contribution in [0.5, 0.6) is 0 Å². The van der Waals surface area contributed by atoms with Crippen LogP contribution in [-0.2, 0) is 16.2 Å². The van der Waals surface area contributed by atoms with E-state index >= 15 is 0 Å². The Balaban J connectivity index is 1.82. The second-order valence-electron chi connectivity index (χ2n) is 5.02. The van der Waals surface area contributed by atoms with Crippen molar-refractivity contribution < 1.29 is 19.5 Å². The van der Waals surface area contributed by atoms with Crippen LogP contribution in [0.1, 0.15) is 18.4 Å². The lowest BCUT2D eigenvalue weighted by molar-refractivity contribution is -0.124. The second kappa shape index (κ2) is 7.05. The molecule has 1 heterocycles. The molecule has 4 N–H and O–H groups in total. The van der Waals surface area contributed by atoms with Crippen molar-refractivity contribution in [2.45, 2.75) is 31.5 Å². The van der Waals surface area contributed by atoms with Gasteiger partial charge in [-0.1, -0.05) is 30.3 Å². The van der Waals surface area contributed by atoms with E-state index in [1.54, 1.807) is 0 Å². The van der Waals surface area contributed by atoms with Crippen molar-refractivity contribution in [3.63, 3.8) is 0 Å². The smallest absolute Gasteiger partial charge is 0.408 e. The van der Waals surface area contributed by atoms with Crippen molar-refractivity contribution in [2.75, 3.05) is 6.54 Å². The predicted octanol–water partition coefficient (Wildman–Crippen LogP) is 0.704. The number of piperidine rings is 1. The predicted molar refractivity (Wildman–Crippen MR) is 75.1 cm³/mol. The van der Waals surface area contributed by atoms with Gasteiger partial charge in [0, 0.05) is 6.54 Å². The Morgan fingerprint density at radius 3 is 2.67 bits per heavy atom. The Hall–Kier alpha value is -2.12. The number of carbonyl (C=O) groups excluding carboxylic acids is 1. The Morgan fingerprint density at radius 1 is 1.33 bits per heavy atom. The van der Waals surface area contributed by atoms with Crippen molar-refractivity contribution in [1.29, 1.82) is 0 Å². The average Bonchev–Trinajstić information content (AvgIpc) is 2.48. The molecule has 0 saturated carbocycles. The molecule has 1 saturated heterocycles. The molecular formula is C14H19N3O4. The third-order valence-corrected chi connectivity index (χ3v) is 3.49. The van der Waals surface area contributed by atoms with Gasteiger partial charge in [0.25, 0.3) is 0 Å². The van der Waals surface area contributed by atoms with Gasteiger partial charge in [0.15, 0.2) is 0 Å². The van der Waals surface area contributed by atoms with E-state index in [1.807, 2.05) is 30.3 Å². The first-order valence-electron chi connectivity index (χ1n) is 6.78. The van der Waals surface area contributed by atoms with Crippen LogP contribution in [0, 0.1) is 0 Å². The van der Waals surface area contributed by atoms with Crippen molar-refractivity contribution in [3.05, 3.63) is 35.9 Å². The Bertz CT molecular complexity index is 494. The number of likely N-dealkylation sites (tertiary alicyclic amines) is 1. The zero-order valence-corrected chi connectivity index (χ0v) is 11.6. The van der Waals surface area contributed by atoms with E-state index in [-0.39, 0.29) is 12.6 Å². The third kappa shape index (κ3) is 4.17. The first-order chi connectivity index (χ1) is 10.1. The van der Waals surface area contributed by atoms with Crippen LogP contribution >= 0.6 is 0 Å². The highest BCUT2D eigenvalue weighted by Crippen LogP contribution is 2.17. The molecule has 7 heteroatoms. The average molecular weight is 293 g/mol. The van der Waals surface area contributed by atoms with Crippen LogP contribution in [0.3, 0.4) is 0 Å². The number of nitrogens with one attached hydrogen (secondary N) is 1. The maximum atomic E-state index is 11.2. The first kappa shape index (κ1) is 15.3. The number of rotatable bonds is 5. The lowest BCUT2D eigenvalue weighted by Gasteiger charge is -2.36. The summed E-state index contributed by atoms with van der Waals surface area (Å²) in [5.41, 5.74) is 9.10. The van der Waals surface area contributed by atoms with Crippen LogP contribution in [0.2, 0.25) is 0 Å². The quantitative estimate of drug-likeness (QED) is 0.693. The molecule has 2 amide bonds. The molecular weight excluding hydrogens is 274 g/mol. The van der Waals surface area contributed by atoms with Crippen LogP contribution in [0.25, 0.3) is 0 Å². The number of hydroxylamine groups is 1. The molecule has 1 aromatic rings. The van der Waals surface area contributed by atoms with Crippen molar-refractivity contribution in [1.82, 2.24) is 10.4 Å². The van der Waals surface area contributed by atoms with Crippen LogP contribution in [0.15, 0.2) is 30.3 Å². The highest BCUT2D eigenvalue weighted by molar-refractivity contribution is 5.84. The molecule has 0 aliphatic carbocycles.